The Balaban J connectivity index is 2.68. The van der Waals surface area contributed by atoms with Crippen LogP contribution in [0.25, 0.3) is 0 Å². The molecule has 1 rings (SSSR count). The van der Waals surface area contributed by atoms with Gasteiger partial charge in [0, 0.05) is 6.07 Å². The van der Waals surface area contributed by atoms with E-state index in [4.69, 9.17) is 5.11 Å². The topological polar surface area (TPSA) is 79.5 Å². The molecule has 0 fully saturated rings. The standard InChI is InChI=1S/C10H13NO4/c1-2-8(5-12)11-10(14)7-3-4-9(13)15-6-7/h3-4,6,8,12H,2,5H2,1H3,(H,11,14)/t8-/m0/s1. The third-order valence-corrected chi connectivity index (χ3v) is 2.01. The third kappa shape index (κ3) is 3.21. The molecule has 0 unspecified atom stereocenters. The second kappa shape index (κ2) is 5.31. The second-order valence-corrected chi connectivity index (χ2v) is 3.10. The lowest BCUT2D eigenvalue weighted by Crippen LogP contribution is -2.36. The van der Waals surface area contributed by atoms with E-state index in [0.29, 0.717) is 6.42 Å². The van der Waals surface area contributed by atoms with Crippen molar-refractivity contribution in [2.45, 2.75) is 19.4 Å². The Morgan fingerprint density at radius 2 is 2.33 bits per heavy atom. The van der Waals surface area contributed by atoms with Crippen LogP contribution in [-0.2, 0) is 0 Å². The second-order valence-electron chi connectivity index (χ2n) is 3.10. The quantitative estimate of drug-likeness (QED) is 0.742. The molecule has 1 aromatic heterocycles. The molecule has 5 nitrogen and oxygen atoms in total. The minimum atomic E-state index is -0.499. The Hall–Kier alpha value is -1.62. The largest absolute Gasteiger partial charge is 0.430 e. The highest BCUT2D eigenvalue weighted by Crippen LogP contribution is 1.97. The predicted octanol–water partition coefficient (Wildman–Crippen LogP) is 0.141. The van der Waals surface area contributed by atoms with Gasteiger partial charge in [0.15, 0.2) is 0 Å². The maximum Gasteiger partial charge on any atom is 0.335 e. The van der Waals surface area contributed by atoms with Crippen molar-refractivity contribution in [3.63, 3.8) is 0 Å². The van der Waals surface area contributed by atoms with Crippen LogP contribution in [0.4, 0.5) is 0 Å². The summed E-state index contributed by atoms with van der Waals surface area (Å²) in [6.07, 6.45) is 1.74. The fourth-order valence-corrected chi connectivity index (χ4v) is 1.03. The lowest BCUT2D eigenvalue weighted by atomic mass is 10.2. The molecule has 1 aromatic rings. The van der Waals surface area contributed by atoms with Crippen LogP contribution in [-0.4, -0.2) is 23.7 Å². The Labute approximate surface area is 86.7 Å². The summed E-state index contributed by atoms with van der Waals surface area (Å²) in [5.41, 5.74) is -0.234. The minimum absolute atomic E-state index is 0.112. The van der Waals surface area contributed by atoms with Crippen LogP contribution in [0.2, 0.25) is 0 Å². The Kier molecular flexibility index (Phi) is 4.05. The lowest BCUT2D eigenvalue weighted by Gasteiger charge is -2.13. The van der Waals surface area contributed by atoms with Gasteiger partial charge in [0.25, 0.3) is 5.91 Å². The molecule has 15 heavy (non-hydrogen) atoms. The van der Waals surface area contributed by atoms with E-state index in [2.05, 4.69) is 9.73 Å². The van der Waals surface area contributed by atoms with Crippen LogP contribution in [0.15, 0.2) is 27.6 Å². The Morgan fingerprint density at radius 1 is 1.60 bits per heavy atom. The van der Waals surface area contributed by atoms with Gasteiger partial charge in [0.2, 0.25) is 0 Å². The van der Waals surface area contributed by atoms with Crippen LogP contribution >= 0.6 is 0 Å². The summed E-state index contributed by atoms with van der Waals surface area (Å²) in [6.45, 7) is 1.74. The van der Waals surface area contributed by atoms with E-state index >= 15 is 0 Å². The smallest absolute Gasteiger partial charge is 0.335 e. The van der Waals surface area contributed by atoms with Gasteiger partial charge in [-0.15, -0.1) is 0 Å². The van der Waals surface area contributed by atoms with E-state index in [-0.39, 0.29) is 24.1 Å². The zero-order valence-corrected chi connectivity index (χ0v) is 8.40. The first-order valence-electron chi connectivity index (χ1n) is 4.68. The molecule has 0 aliphatic heterocycles. The van der Waals surface area contributed by atoms with Gasteiger partial charge >= 0.3 is 5.63 Å². The molecule has 5 heteroatoms. The molecule has 1 heterocycles. The van der Waals surface area contributed by atoms with Crippen LogP contribution < -0.4 is 10.9 Å². The highest BCUT2D eigenvalue weighted by atomic mass is 16.4. The summed E-state index contributed by atoms with van der Waals surface area (Å²) in [5.74, 6) is -0.361. The molecule has 82 valence electrons. The zero-order valence-electron chi connectivity index (χ0n) is 8.40. The maximum atomic E-state index is 11.5. The SMILES string of the molecule is CC[C@@H](CO)NC(=O)c1ccc(=O)oc1. The number of aliphatic hydroxyl groups excluding tert-OH is 1. The third-order valence-electron chi connectivity index (χ3n) is 2.01. The van der Waals surface area contributed by atoms with Gasteiger partial charge in [0.1, 0.15) is 6.26 Å². The predicted molar refractivity (Wildman–Crippen MR) is 53.6 cm³/mol. The molecule has 0 aromatic carbocycles. The zero-order chi connectivity index (χ0) is 11.3. The van der Waals surface area contributed by atoms with Crippen LogP contribution in [0.1, 0.15) is 23.7 Å². The van der Waals surface area contributed by atoms with Gasteiger partial charge in [-0.1, -0.05) is 6.92 Å². The number of rotatable bonds is 4. The summed E-state index contributed by atoms with van der Waals surface area (Å²) < 4.78 is 4.55. The van der Waals surface area contributed by atoms with Crippen molar-refractivity contribution in [1.29, 1.82) is 0 Å². The molecule has 0 bridgehead atoms. The molecule has 0 saturated carbocycles. The van der Waals surface area contributed by atoms with Gasteiger partial charge in [0.05, 0.1) is 18.2 Å². The molecule has 0 aliphatic rings. The molecular formula is C10H13NO4. The fraction of sp³-hybridized carbons (Fsp3) is 0.400. The number of hydrogen-bond acceptors (Lipinski definition) is 4. The van der Waals surface area contributed by atoms with Crippen molar-refractivity contribution in [2.75, 3.05) is 6.61 Å². The molecule has 0 radical (unpaired) electrons. The first-order valence-corrected chi connectivity index (χ1v) is 4.68. The van der Waals surface area contributed by atoms with Crippen LogP contribution in [0.3, 0.4) is 0 Å². The van der Waals surface area contributed by atoms with E-state index in [9.17, 15) is 9.59 Å². The van der Waals surface area contributed by atoms with Crippen molar-refractivity contribution in [2.24, 2.45) is 0 Å². The van der Waals surface area contributed by atoms with Crippen molar-refractivity contribution < 1.29 is 14.3 Å². The van der Waals surface area contributed by atoms with Gasteiger partial charge in [-0.2, -0.15) is 0 Å². The number of amides is 1. The van der Waals surface area contributed by atoms with Crippen molar-refractivity contribution in [3.05, 3.63) is 34.4 Å². The van der Waals surface area contributed by atoms with Gasteiger partial charge < -0.3 is 14.8 Å². The number of nitrogens with one attached hydrogen (secondary N) is 1. The molecule has 0 aliphatic carbocycles. The fourth-order valence-electron chi connectivity index (χ4n) is 1.03. The molecule has 0 spiro atoms. The van der Waals surface area contributed by atoms with E-state index in [1.54, 1.807) is 0 Å². The monoisotopic (exact) mass is 211 g/mol. The molecule has 1 amide bonds. The van der Waals surface area contributed by atoms with Gasteiger partial charge in [-0.05, 0) is 12.5 Å². The Bertz CT molecular complexity index is 361. The van der Waals surface area contributed by atoms with E-state index in [1.807, 2.05) is 6.92 Å². The minimum Gasteiger partial charge on any atom is -0.430 e. The summed E-state index contributed by atoms with van der Waals surface area (Å²) >= 11 is 0. The Morgan fingerprint density at radius 3 is 2.80 bits per heavy atom. The van der Waals surface area contributed by atoms with Crippen molar-refractivity contribution in [1.82, 2.24) is 5.32 Å². The highest BCUT2D eigenvalue weighted by Gasteiger charge is 2.11. The first-order chi connectivity index (χ1) is 7.17. The summed E-state index contributed by atoms with van der Waals surface area (Å²) in [4.78, 5) is 22.1. The van der Waals surface area contributed by atoms with Gasteiger partial charge in [-0.25, -0.2) is 4.79 Å². The maximum absolute atomic E-state index is 11.5. The molecule has 0 saturated heterocycles. The average Bonchev–Trinajstić information content (AvgIpc) is 2.26. The van der Waals surface area contributed by atoms with E-state index in [0.717, 1.165) is 6.26 Å². The molecule has 1 atom stereocenters. The summed E-state index contributed by atoms with van der Waals surface area (Å²) in [7, 11) is 0. The number of carbonyl (C=O) groups is 1. The van der Waals surface area contributed by atoms with Crippen molar-refractivity contribution >= 4 is 5.91 Å². The van der Waals surface area contributed by atoms with Gasteiger partial charge in [-0.3, -0.25) is 4.79 Å². The lowest BCUT2D eigenvalue weighted by molar-refractivity contribution is 0.0912. The van der Waals surface area contributed by atoms with Crippen LogP contribution in [0, 0.1) is 0 Å². The van der Waals surface area contributed by atoms with E-state index in [1.165, 1.54) is 12.1 Å². The highest BCUT2D eigenvalue weighted by molar-refractivity contribution is 5.93. The number of aliphatic hydroxyl groups is 1. The first kappa shape index (κ1) is 11.5. The number of carbonyl (C=O) groups excluding carboxylic acids is 1. The normalized spacial score (nSPS) is 12.1. The summed E-state index contributed by atoms with van der Waals surface area (Å²) in [6, 6.07) is 2.28. The molecule has 2 N–H and O–H groups in total. The van der Waals surface area contributed by atoms with Crippen LogP contribution in [0.5, 0.6) is 0 Å². The average molecular weight is 211 g/mol. The molecular weight excluding hydrogens is 198 g/mol. The summed E-state index contributed by atoms with van der Waals surface area (Å²) in [5, 5.41) is 11.5. The van der Waals surface area contributed by atoms with E-state index < -0.39 is 5.63 Å². The van der Waals surface area contributed by atoms with Crippen molar-refractivity contribution in [3.8, 4) is 0 Å². The number of hydrogen-bond donors (Lipinski definition) is 2.